The van der Waals surface area contributed by atoms with E-state index >= 15 is 0 Å². The van der Waals surface area contributed by atoms with E-state index in [2.05, 4.69) is 119 Å². The fourth-order valence-corrected chi connectivity index (χ4v) is 12.8. The first-order valence-electron chi connectivity index (χ1n) is 20.3. The standard InChI is InChI=1S/C50H38N4/c1-3-9-29-27(7-1)33-15-17-35(29)47-41-23-43-49-37-19-20-38(32-12-6-5-11-31(32)37)50(49)44(54-43)24-42-48-36-18-16-34(28-8-2-4-10-30(28)36)46(48)40(53-42)22-26-14-13-25(51-26)21-39(52-41)45(33)47/h1-14,21-24,33-38,51-52H,15-20H2. The van der Waals surface area contributed by atoms with Gasteiger partial charge in [-0.1, -0.05) is 72.8 Å². The lowest BCUT2D eigenvalue weighted by atomic mass is 9.62. The van der Waals surface area contributed by atoms with Crippen molar-refractivity contribution in [1.29, 1.82) is 0 Å². The van der Waals surface area contributed by atoms with Gasteiger partial charge in [-0.2, -0.15) is 0 Å². The second kappa shape index (κ2) is 10.1. The van der Waals surface area contributed by atoms with Crippen LogP contribution in [0.3, 0.4) is 0 Å². The van der Waals surface area contributed by atoms with Gasteiger partial charge >= 0.3 is 0 Å². The summed E-state index contributed by atoms with van der Waals surface area (Å²) in [5.41, 5.74) is 27.1. The van der Waals surface area contributed by atoms with E-state index in [0.29, 0.717) is 35.5 Å². The predicted molar refractivity (Wildman–Crippen MR) is 216 cm³/mol. The van der Waals surface area contributed by atoms with Gasteiger partial charge in [-0.15, -0.1) is 0 Å². The summed E-state index contributed by atoms with van der Waals surface area (Å²) in [6.07, 6.45) is 7.10. The maximum Gasteiger partial charge on any atom is 0.0700 e. The fourth-order valence-electron chi connectivity index (χ4n) is 12.8. The SMILES string of the molecule is c1ccc2c(c1)C1CCC2C2=C1c1cc3nc(cc4[nH]c(cc5ccc(cc2n1)[nH]5)c1c4C2CCC1c1ccccc12)C1=C3C2CCC1c1ccccc12. The number of nitrogens with one attached hydrogen (secondary N) is 2. The van der Waals surface area contributed by atoms with Crippen LogP contribution < -0.4 is 0 Å². The van der Waals surface area contributed by atoms with Gasteiger partial charge in [-0.05, 0) is 142 Å². The summed E-state index contributed by atoms with van der Waals surface area (Å²) in [6, 6.07) is 41.7. The predicted octanol–water partition coefficient (Wildman–Crippen LogP) is 11.9. The van der Waals surface area contributed by atoms with Crippen LogP contribution in [-0.4, -0.2) is 19.9 Å². The molecule has 0 saturated heterocycles. The lowest BCUT2D eigenvalue weighted by molar-refractivity contribution is 0.528. The maximum absolute atomic E-state index is 5.74. The number of H-pyrrole nitrogens is 2. The largest absolute Gasteiger partial charge is 0.355 e. The topological polar surface area (TPSA) is 57.4 Å². The van der Waals surface area contributed by atoms with Gasteiger partial charge in [0, 0.05) is 57.6 Å². The van der Waals surface area contributed by atoms with Crippen LogP contribution in [0.15, 0.2) is 109 Å². The summed E-state index contributed by atoms with van der Waals surface area (Å²) in [6.45, 7) is 0. The van der Waals surface area contributed by atoms with Crippen LogP contribution in [-0.2, 0) is 0 Å². The Morgan fingerprint density at radius 1 is 0.352 bits per heavy atom. The molecule has 6 atom stereocenters. The monoisotopic (exact) mass is 694 g/mol. The Morgan fingerprint density at radius 3 is 1.17 bits per heavy atom. The van der Waals surface area contributed by atoms with Crippen LogP contribution in [0.4, 0.5) is 0 Å². The Morgan fingerprint density at radius 2 is 0.704 bits per heavy atom. The van der Waals surface area contributed by atoms with Crippen molar-refractivity contribution in [2.45, 2.75) is 74.0 Å². The number of aromatic amines is 2. The number of allylic oxidation sites excluding steroid dienone is 4. The molecule has 0 spiro atoms. The Balaban J connectivity index is 1.10. The highest BCUT2D eigenvalue weighted by Gasteiger charge is 2.46. The van der Waals surface area contributed by atoms with Gasteiger partial charge < -0.3 is 9.97 Å². The van der Waals surface area contributed by atoms with Crippen LogP contribution in [0.25, 0.3) is 44.4 Å². The summed E-state index contributed by atoms with van der Waals surface area (Å²) in [7, 11) is 0. The quantitative estimate of drug-likeness (QED) is 0.166. The molecule has 258 valence electrons. The molecule has 0 fully saturated rings. The summed E-state index contributed by atoms with van der Waals surface area (Å²) < 4.78 is 0. The number of aromatic nitrogens is 4. The molecule has 11 aliphatic rings. The zero-order chi connectivity index (χ0) is 34.8. The van der Waals surface area contributed by atoms with Crippen LogP contribution in [0.1, 0.15) is 141 Å². The van der Waals surface area contributed by atoms with Gasteiger partial charge in [0.2, 0.25) is 0 Å². The van der Waals surface area contributed by atoms with Crippen molar-refractivity contribution in [3.05, 3.63) is 176 Å². The molecule has 0 amide bonds. The van der Waals surface area contributed by atoms with E-state index in [1.165, 1.54) is 116 Å². The lowest BCUT2D eigenvalue weighted by Gasteiger charge is -2.40. The van der Waals surface area contributed by atoms with Crippen LogP contribution in [0.5, 0.6) is 0 Å². The lowest BCUT2D eigenvalue weighted by Crippen LogP contribution is -2.23. The molecule has 3 aromatic carbocycles. The first kappa shape index (κ1) is 28.7. The van der Waals surface area contributed by atoms with E-state index in [1.54, 1.807) is 0 Å². The van der Waals surface area contributed by atoms with E-state index in [9.17, 15) is 0 Å². The smallest absolute Gasteiger partial charge is 0.0700 e. The van der Waals surface area contributed by atoms with Gasteiger partial charge in [-0.25, -0.2) is 9.97 Å². The van der Waals surface area contributed by atoms with E-state index in [0.717, 1.165) is 33.8 Å². The third-order valence-electron chi connectivity index (χ3n) is 14.7. The number of hydrogen-bond acceptors (Lipinski definition) is 2. The molecule has 0 saturated carbocycles. The Labute approximate surface area is 313 Å². The molecule has 3 aromatic heterocycles. The van der Waals surface area contributed by atoms with Crippen molar-refractivity contribution < 1.29 is 0 Å². The second-order valence-corrected chi connectivity index (χ2v) is 17.1. The van der Waals surface area contributed by atoms with Crippen molar-refractivity contribution in [3.63, 3.8) is 0 Å². The fraction of sp³-hybridized carbons (Fsp3) is 0.240. The number of benzene rings is 3. The molecule has 4 nitrogen and oxygen atoms in total. The van der Waals surface area contributed by atoms with Crippen LogP contribution >= 0.6 is 0 Å². The Hall–Kier alpha value is -5.74. The molecule has 54 heavy (non-hydrogen) atoms. The summed E-state index contributed by atoms with van der Waals surface area (Å²) in [4.78, 5) is 19.2. The van der Waals surface area contributed by atoms with Crippen molar-refractivity contribution in [1.82, 2.24) is 19.9 Å². The number of fused-ring (bicyclic) bond motifs is 11. The highest BCUT2D eigenvalue weighted by molar-refractivity contribution is 6.04. The van der Waals surface area contributed by atoms with E-state index in [-0.39, 0.29) is 0 Å². The molecule has 0 radical (unpaired) electrons. The summed E-state index contributed by atoms with van der Waals surface area (Å²) >= 11 is 0. The van der Waals surface area contributed by atoms with Crippen LogP contribution in [0.2, 0.25) is 0 Å². The normalized spacial score (nSPS) is 25.9. The zero-order valence-electron chi connectivity index (χ0n) is 30.0. The van der Waals surface area contributed by atoms with Crippen molar-refractivity contribution in [2.24, 2.45) is 0 Å². The molecule has 17 rings (SSSR count). The van der Waals surface area contributed by atoms with Crippen molar-refractivity contribution in [2.75, 3.05) is 0 Å². The molecule has 14 bridgehead atoms. The highest BCUT2D eigenvalue weighted by atomic mass is 14.8. The molecule has 4 heteroatoms. The third-order valence-corrected chi connectivity index (χ3v) is 14.7. The zero-order valence-corrected chi connectivity index (χ0v) is 30.0. The third kappa shape index (κ3) is 3.56. The molecule has 2 N–H and O–H groups in total. The van der Waals surface area contributed by atoms with Gasteiger partial charge in [0.25, 0.3) is 0 Å². The van der Waals surface area contributed by atoms with Crippen molar-refractivity contribution in [3.8, 4) is 0 Å². The summed E-state index contributed by atoms with van der Waals surface area (Å²) in [5, 5.41) is 0. The molecule has 5 heterocycles. The molecule has 6 aromatic rings. The first-order chi connectivity index (χ1) is 26.7. The molecular weight excluding hydrogens is 657 g/mol. The molecule has 9 aliphatic carbocycles. The van der Waals surface area contributed by atoms with Gasteiger partial charge in [0.1, 0.15) is 0 Å². The molecule has 2 aliphatic heterocycles. The minimum absolute atomic E-state index is 0.361. The first-order valence-corrected chi connectivity index (χ1v) is 20.3. The Bertz CT molecular complexity index is 2950. The van der Waals surface area contributed by atoms with E-state index in [4.69, 9.17) is 9.97 Å². The average Bonchev–Trinajstić information content (AvgIpc) is 4.01. The van der Waals surface area contributed by atoms with E-state index < -0.39 is 0 Å². The highest BCUT2D eigenvalue weighted by Crippen LogP contribution is 2.63. The Kier molecular flexibility index (Phi) is 5.35. The number of nitrogens with zero attached hydrogens (tertiary/aromatic N) is 2. The van der Waals surface area contributed by atoms with Crippen LogP contribution in [0, 0.1) is 0 Å². The number of hydrogen-bond donors (Lipinski definition) is 2. The van der Waals surface area contributed by atoms with E-state index in [1.807, 2.05) is 0 Å². The molecule has 6 unspecified atom stereocenters. The summed E-state index contributed by atoms with van der Waals surface area (Å²) in [5.74, 6) is 2.26. The van der Waals surface area contributed by atoms with Gasteiger partial charge in [-0.3, -0.25) is 0 Å². The van der Waals surface area contributed by atoms with Gasteiger partial charge in [0.05, 0.1) is 22.8 Å². The van der Waals surface area contributed by atoms with Crippen molar-refractivity contribution >= 4 is 44.4 Å². The molecular formula is C50H38N4. The second-order valence-electron chi connectivity index (χ2n) is 17.1. The minimum Gasteiger partial charge on any atom is -0.355 e. The number of rotatable bonds is 0. The average molecular weight is 695 g/mol. The maximum atomic E-state index is 5.74. The minimum atomic E-state index is 0.361. The van der Waals surface area contributed by atoms with Gasteiger partial charge in [0.15, 0.2) is 0 Å².